The van der Waals surface area contributed by atoms with E-state index < -0.39 is 12.0 Å². The van der Waals surface area contributed by atoms with Crippen molar-refractivity contribution >= 4 is 23.7 Å². The maximum absolute atomic E-state index is 11.9. The van der Waals surface area contributed by atoms with Gasteiger partial charge in [0.15, 0.2) is 6.61 Å². The van der Waals surface area contributed by atoms with Gasteiger partial charge in [0.2, 0.25) is 0 Å². The molecule has 0 aliphatic carbocycles. The van der Waals surface area contributed by atoms with Gasteiger partial charge >= 0.3 is 0 Å². The average Bonchev–Trinajstić information content (AvgIpc) is 2.63. The first-order chi connectivity index (χ1) is 12.4. The van der Waals surface area contributed by atoms with Crippen LogP contribution >= 0.6 is 0 Å². The van der Waals surface area contributed by atoms with Gasteiger partial charge in [0.25, 0.3) is 11.8 Å². The van der Waals surface area contributed by atoms with E-state index >= 15 is 0 Å². The lowest BCUT2D eigenvalue weighted by atomic mass is 10.2. The highest BCUT2D eigenvalue weighted by Crippen LogP contribution is 2.12. The first-order valence-electron chi connectivity index (χ1n) is 8.04. The Morgan fingerprint density at radius 1 is 1.15 bits per heavy atom. The fourth-order valence-corrected chi connectivity index (χ4v) is 1.90. The second-order valence-electron chi connectivity index (χ2n) is 5.68. The largest absolute Gasteiger partial charge is 0.484 e. The van der Waals surface area contributed by atoms with Crippen molar-refractivity contribution in [2.45, 2.75) is 20.0 Å². The van der Waals surface area contributed by atoms with Crippen LogP contribution in [0.25, 0.3) is 0 Å². The zero-order valence-corrected chi connectivity index (χ0v) is 14.6. The number of nitrogens with one attached hydrogen (secondary N) is 2. The maximum atomic E-state index is 11.9. The van der Waals surface area contributed by atoms with E-state index in [9.17, 15) is 9.59 Å². The Morgan fingerprint density at radius 2 is 1.81 bits per heavy atom. The van der Waals surface area contributed by atoms with E-state index in [0.29, 0.717) is 5.75 Å². The summed E-state index contributed by atoms with van der Waals surface area (Å²) in [7, 11) is 0. The topological polar surface area (TPSA) is 100 Å². The molecular weight excluding hydrogens is 334 g/mol. The Hall–Kier alpha value is -3.19. The van der Waals surface area contributed by atoms with Gasteiger partial charge in [0.1, 0.15) is 11.9 Å². The third-order valence-electron chi connectivity index (χ3n) is 3.35. The number of ether oxygens (including phenoxy) is 1. The minimum atomic E-state index is -1.12. The number of nitrogens with zero attached hydrogens (tertiary/aromatic N) is 1. The van der Waals surface area contributed by atoms with Crippen molar-refractivity contribution in [3.63, 3.8) is 0 Å². The molecule has 0 unspecified atom stereocenters. The molecule has 0 aliphatic rings. The third kappa shape index (κ3) is 6.37. The normalized spacial score (nSPS) is 11.8. The SMILES string of the molecule is Cc1ccc(NC(=O)COc2ccc(/C=N\NC(=O)[C@@H](C)O)cc2)cc1. The number of aryl methyl sites for hydroxylation is 1. The predicted molar refractivity (Wildman–Crippen MR) is 99.2 cm³/mol. The zero-order valence-electron chi connectivity index (χ0n) is 14.6. The lowest BCUT2D eigenvalue weighted by molar-refractivity contribution is -0.128. The number of carbonyl (C=O) groups is 2. The number of hydrogen-bond acceptors (Lipinski definition) is 5. The molecule has 2 aromatic carbocycles. The van der Waals surface area contributed by atoms with Crippen molar-refractivity contribution in [3.8, 4) is 5.75 Å². The summed E-state index contributed by atoms with van der Waals surface area (Å²) < 4.78 is 5.43. The highest BCUT2D eigenvalue weighted by Gasteiger charge is 2.06. The minimum absolute atomic E-state index is 0.105. The van der Waals surface area contributed by atoms with Crippen LogP contribution in [0.1, 0.15) is 18.1 Å². The van der Waals surface area contributed by atoms with E-state index in [2.05, 4.69) is 15.8 Å². The lowest BCUT2D eigenvalue weighted by Crippen LogP contribution is -2.28. The van der Waals surface area contributed by atoms with Crippen LogP contribution in [0.5, 0.6) is 5.75 Å². The summed E-state index contributed by atoms with van der Waals surface area (Å²) in [5.41, 5.74) is 4.77. The Kier molecular flexibility index (Phi) is 6.87. The van der Waals surface area contributed by atoms with Gasteiger partial charge in [-0.3, -0.25) is 9.59 Å². The van der Waals surface area contributed by atoms with Crippen molar-refractivity contribution in [2.24, 2.45) is 5.10 Å². The lowest BCUT2D eigenvalue weighted by Gasteiger charge is -2.08. The number of aliphatic hydroxyl groups excluding tert-OH is 1. The third-order valence-corrected chi connectivity index (χ3v) is 3.35. The van der Waals surface area contributed by atoms with E-state index in [4.69, 9.17) is 9.84 Å². The summed E-state index contributed by atoms with van der Waals surface area (Å²) in [6.45, 7) is 3.22. The van der Waals surface area contributed by atoms with Crippen LogP contribution in [0.3, 0.4) is 0 Å². The van der Waals surface area contributed by atoms with Crippen molar-refractivity contribution in [2.75, 3.05) is 11.9 Å². The minimum Gasteiger partial charge on any atom is -0.484 e. The van der Waals surface area contributed by atoms with Gasteiger partial charge in [-0.05, 0) is 55.8 Å². The van der Waals surface area contributed by atoms with Crippen molar-refractivity contribution < 1.29 is 19.4 Å². The Labute approximate surface area is 151 Å². The van der Waals surface area contributed by atoms with Crippen LogP contribution < -0.4 is 15.5 Å². The molecule has 136 valence electrons. The van der Waals surface area contributed by atoms with E-state index in [0.717, 1.165) is 16.8 Å². The smallest absolute Gasteiger partial charge is 0.268 e. The quantitative estimate of drug-likeness (QED) is 0.521. The summed E-state index contributed by atoms with van der Waals surface area (Å²) in [6.07, 6.45) is 0.322. The molecule has 2 rings (SSSR count). The van der Waals surface area contributed by atoms with Crippen LogP contribution in [0.15, 0.2) is 53.6 Å². The number of benzene rings is 2. The summed E-state index contributed by atoms with van der Waals surface area (Å²) in [4.78, 5) is 23.0. The molecule has 7 heteroatoms. The molecule has 7 nitrogen and oxygen atoms in total. The molecule has 0 aliphatic heterocycles. The zero-order chi connectivity index (χ0) is 18.9. The summed E-state index contributed by atoms with van der Waals surface area (Å²) in [5, 5.41) is 15.5. The summed E-state index contributed by atoms with van der Waals surface area (Å²) in [5.74, 6) is -0.296. The van der Waals surface area contributed by atoms with Crippen LogP contribution in [0, 0.1) is 6.92 Å². The van der Waals surface area contributed by atoms with Crippen molar-refractivity contribution in [3.05, 3.63) is 59.7 Å². The molecular formula is C19H21N3O4. The molecule has 0 heterocycles. The number of aliphatic hydroxyl groups is 1. The molecule has 0 saturated heterocycles. The van der Waals surface area contributed by atoms with Gasteiger partial charge in [0, 0.05) is 5.69 Å². The fourth-order valence-electron chi connectivity index (χ4n) is 1.90. The number of hydrazone groups is 1. The number of anilines is 1. The van der Waals surface area contributed by atoms with Gasteiger partial charge in [0.05, 0.1) is 6.21 Å². The van der Waals surface area contributed by atoms with E-state index in [1.807, 2.05) is 31.2 Å². The second-order valence-corrected chi connectivity index (χ2v) is 5.68. The molecule has 0 aromatic heterocycles. The fraction of sp³-hybridized carbons (Fsp3) is 0.211. The molecule has 0 spiro atoms. The summed E-state index contributed by atoms with van der Waals surface area (Å²) >= 11 is 0. The molecule has 3 N–H and O–H groups in total. The van der Waals surface area contributed by atoms with E-state index in [1.54, 1.807) is 24.3 Å². The molecule has 26 heavy (non-hydrogen) atoms. The Morgan fingerprint density at radius 3 is 2.42 bits per heavy atom. The standard InChI is InChI=1S/C19H21N3O4/c1-13-3-7-16(8-4-13)21-18(24)12-26-17-9-5-15(6-10-17)11-20-22-19(25)14(2)23/h3-11,14,23H,12H2,1-2H3,(H,21,24)(H,22,25)/b20-11-/t14-/m1/s1. The molecule has 0 saturated carbocycles. The number of carbonyl (C=O) groups excluding carboxylic acids is 2. The van der Waals surface area contributed by atoms with Gasteiger partial charge in [-0.2, -0.15) is 5.10 Å². The van der Waals surface area contributed by atoms with Gasteiger partial charge < -0.3 is 15.2 Å². The van der Waals surface area contributed by atoms with Crippen molar-refractivity contribution in [1.82, 2.24) is 5.43 Å². The van der Waals surface area contributed by atoms with Crippen molar-refractivity contribution in [1.29, 1.82) is 0 Å². The van der Waals surface area contributed by atoms with Crippen LogP contribution in [0.2, 0.25) is 0 Å². The average molecular weight is 355 g/mol. The maximum Gasteiger partial charge on any atom is 0.268 e. The first kappa shape index (κ1) is 19.1. The highest BCUT2D eigenvalue weighted by molar-refractivity contribution is 5.91. The second kappa shape index (κ2) is 9.33. The van der Waals surface area contributed by atoms with Gasteiger partial charge in [-0.15, -0.1) is 0 Å². The Balaban J connectivity index is 1.79. The molecule has 0 bridgehead atoms. The molecule has 2 amide bonds. The number of hydrogen-bond donors (Lipinski definition) is 3. The van der Waals surface area contributed by atoms with Crippen LogP contribution in [-0.4, -0.2) is 35.8 Å². The van der Waals surface area contributed by atoms with Crippen LogP contribution in [0.4, 0.5) is 5.69 Å². The molecule has 1 atom stereocenters. The van der Waals surface area contributed by atoms with Gasteiger partial charge in [-0.25, -0.2) is 5.43 Å². The monoisotopic (exact) mass is 355 g/mol. The van der Waals surface area contributed by atoms with E-state index in [-0.39, 0.29) is 12.5 Å². The number of amides is 2. The molecule has 0 fully saturated rings. The summed E-state index contributed by atoms with van der Waals surface area (Å²) in [6, 6.07) is 14.3. The predicted octanol–water partition coefficient (Wildman–Crippen LogP) is 1.84. The Bertz CT molecular complexity index is 768. The number of rotatable bonds is 7. The van der Waals surface area contributed by atoms with E-state index in [1.165, 1.54) is 13.1 Å². The molecule has 2 aromatic rings. The highest BCUT2D eigenvalue weighted by atomic mass is 16.5. The first-order valence-corrected chi connectivity index (χ1v) is 8.04. The van der Waals surface area contributed by atoms with Crippen LogP contribution in [-0.2, 0) is 9.59 Å². The van der Waals surface area contributed by atoms with Gasteiger partial charge in [-0.1, -0.05) is 17.7 Å². The molecule has 0 radical (unpaired) electrons.